The number of benzene rings is 2. The number of nitrogens with zero attached hydrogens (tertiary/aromatic N) is 1. The highest BCUT2D eigenvalue weighted by atomic mass is 35.5. The number of halogens is 2. The number of hydrogen-bond donors (Lipinski definition) is 2. The van der Waals surface area contributed by atoms with Gasteiger partial charge in [-0.15, -0.1) is 0 Å². The Balaban J connectivity index is 2.00. The molecule has 2 N–H and O–H groups in total. The van der Waals surface area contributed by atoms with E-state index in [0.717, 1.165) is 11.1 Å². The van der Waals surface area contributed by atoms with Crippen LogP contribution < -0.4 is 10.2 Å². The monoisotopic (exact) mass is 338 g/mol. The Morgan fingerprint density at radius 3 is 2.64 bits per heavy atom. The third-order valence-electron chi connectivity index (χ3n) is 2.91. The molecule has 0 saturated carbocycles. The van der Waals surface area contributed by atoms with Crippen LogP contribution in [-0.2, 0) is 6.54 Å². The summed E-state index contributed by atoms with van der Waals surface area (Å²) in [5.41, 5.74) is 4.49. The molecular formula is C16H16Cl2N2O2. The molecule has 22 heavy (non-hydrogen) atoms. The first-order chi connectivity index (χ1) is 10.6. The van der Waals surface area contributed by atoms with Gasteiger partial charge in [-0.3, -0.25) is 0 Å². The lowest BCUT2D eigenvalue weighted by atomic mass is 10.2. The molecule has 0 heterocycles. The Bertz CT molecular complexity index is 655. The van der Waals surface area contributed by atoms with E-state index in [1.165, 1.54) is 0 Å². The summed E-state index contributed by atoms with van der Waals surface area (Å²) in [6.07, 6.45) is 1.63. The highest BCUT2D eigenvalue weighted by molar-refractivity contribution is 6.35. The molecule has 0 aliphatic rings. The van der Waals surface area contributed by atoms with Crippen LogP contribution >= 0.6 is 23.2 Å². The maximum atomic E-state index is 9.63. The first kappa shape index (κ1) is 16.5. The lowest BCUT2D eigenvalue weighted by Gasteiger charge is -2.07. The van der Waals surface area contributed by atoms with E-state index in [0.29, 0.717) is 28.9 Å². The lowest BCUT2D eigenvalue weighted by molar-refractivity contribution is 0.318. The van der Waals surface area contributed by atoms with Crippen LogP contribution in [0.4, 0.5) is 0 Å². The van der Waals surface area contributed by atoms with Crippen molar-refractivity contribution < 1.29 is 9.84 Å². The van der Waals surface area contributed by atoms with Crippen LogP contribution in [0.2, 0.25) is 10.0 Å². The van der Waals surface area contributed by atoms with Crippen molar-refractivity contribution in [1.29, 1.82) is 0 Å². The van der Waals surface area contributed by atoms with Crippen molar-refractivity contribution in [1.82, 2.24) is 5.43 Å². The summed E-state index contributed by atoms with van der Waals surface area (Å²) < 4.78 is 5.32. The largest absolute Gasteiger partial charge is 0.504 e. The average Bonchev–Trinajstić information content (AvgIpc) is 2.49. The van der Waals surface area contributed by atoms with E-state index in [4.69, 9.17) is 27.9 Å². The van der Waals surface area contributed by atoms with Gasteiger partial charge in [0, 0.05) is 15.6 Å². The number of phenolic OH excluding ortho intramolecular Hbond substituents is 1. The quantitative estimate of drug-likeness (QED) is 0.612. The minimum Gasteiger partial charge on any atom is -0.504 e. The molecule has 0 aliphatic carbocycles. The SMILES string of the molecule is CCOc1cc(/C=N/NCc2c(Cl)cccc2Cl)ccc1O. The predicted molar refractivity (Wildman–Crippen MR) is 90.2 cm³/mol. The molecule has 2 aromatic rings. The van der Waals surface area contributed by atoms with Crippen LogP contribution in [0.1, 0.15) is 18.1 Å². The minimum absolute atomic E-state index is 0.106. The normalized spacial score (nSPS) is 10.9. The number of aromatic hydroxyl groups is 1. The number of ether oxygens (including phenoxy) is 1. The second-order valence-corrected chi connectivity index (χ2v) is 5.27. The third-order valence-corrected chi connectivity index (χ3v) is 3.61. The first-order valence-corrected chi connectivity index (χ1v) is 7.52. The molecule has 0 fully saturated rings. The lowest BCUT2D eigenvalue weighted by Crippen LogP contribution is -2.06. The maximum Gasteiger partial charge on any atom is 0.161 e. The van der Waals surface area contributed by atoms with Gasteiger partial charge in [0.05, 0.1) is 19.4 Å². The van der Waals surface area contributed by atoms with Gasteiger partial charge in [-0.05, 0) is 42.8 Å². The zero-order chi connectivity index (χ0) is 15.9. The second kappa shape index (κ2) is 7.92. The summed E-state index contributed by atoms with van der Waals surface area (Å²) in [5, 5.41) is 14.9. The highest BCUT2D eigenvalue weighted by Gasteiger charge is 2.04. The van der Waals surface area contributed by atoms with Gasteiger partial charge in [0.25, 0.3) is 0 Å². The number of rotatable bonds is 6. The van der Waals surface area contributed by atoms with Crippen molar-refractivity contribution in [3.05, 3.63) is 57.6 Å². The Labute approximate surface area is 139 Å². The third kappa shape index (κ3) is 4.29. The fourth-order valence-corrected chi connectivity index (χ4v) is 2.36. The highest BCUT2D eigenvalue weighted by Crippen LogP contribution is 2.26. The van der Waals surface area contributed by atoms with Gasteiger partial charge in [-0.2, -0.15) is 5.10 Å². The van der Waals surface area contributed by atoms with Gasteiger partial charge in [0.2, 0.25) is 0 Å². The molecule has 0 spiro atoms. The van der Waals surface area contributed by atoms with Crippen molar-refractivity contribution in [3.63, 3.8) is 0 Å². The molecular weight excluding hydrogens is 323 g/mol. The average molecular weight is 339 g/mol. The van der Waals surface area contributed by atoms with Crippen LogP contribution in [0.3, 0.4) is 0 Å². The molecule has 116 valence electrons. The summed E-state index contributed by atoms with van der Waals surface area (Å²) in [7, 11) is 0. The van der Waals surface area contributed by atoms with E-state index >= 15 is 0 Å². The fourth-order valence-electron chi connectivity index (χ4n) is 1.83. The van der Waals surface area contributed by atoms with Gasteiger partial charge in [-0.1, -0.05) is 29.3 Å². The van der Waals surface area contributed by atoms with E-state index in [1.807, 2.05) is 6.92 Å². The van der Waals surface area contributed by atoms with Crippen molar-refractivity contribution in [3.8, 4) is 11.5 Å². The Kier molecular flexibility index (Phi) is 5.92. The van der Waals surface area contributed by atoms with Gasteiger partial charge in [-0.25, -0.2) is 0 Å². The molecule has 4 nitrogen and oxygen atoms in total. The van der Waals surface area contributed by atoms with E-state index in [1.54, 1.807) is 42.6 Å². The molecule has 0 aromatic heterocycles. The zero-order valence-electron chi connectivity index (χ0n) is 12.0. The smallest absolute Gasteiger partial charge is 0.161 e. The van der Waals surface area contributed by atoms with Gasteiger partial charge in [0.15, 0.2) is 11.5 Å². The molecule has 0 bridgehead atoms. The molecule has 0 amide bonds. The van der Waals surface area contributed by atoms with Crippen LogP contribution in [0.5, 0.6) is 11.5 Å². The number of hydrazone groups is 1. The Hall–Kier alpha value is -1.91. The number of phenols is 1. The van der Waals surface area contributed by atoms with E-state index in [-0.39, 0.29) is 5.75 Å². The number of hydrogen-bond acceptors (Lipinski definition) is 4. The number of nitrogens with one attached hydrogen (secondary N) is 1. The Morgan fingerprint density at radius 2 is 1.95 bits per heavy atom. The topological polar surface area (TPSA) is 53.8 Å². The van der Waals surface area contributed by atoms with Crippen molar-refractivity contribution in [2.75, 3.05) is 6.61 Å². The molecule has 0 unspecified atom stereocenters. The van der Waals surface area contributed by atoms with E-state index in [9.17, 15) is 5.11 Å². The zero-order valence-corrected chi connectivity index (χ0v) is 13.5. The fraction of sp³-hybridized carbons (Fsp3) is 0.188. The maximum absolute atomic E-state index is 9.63. The first-order valence-electron chi connectivity index (χ1n) is 6.76. The van der Waals surface area contributed by atoms with E-state index < -0.39 is 0 Å². The summed E-state index contributed by atoms with van der Waals surface area (Å²) in [6, 6.07) is 10.4. The summed E-state index contributed by atoms with van der Waals surface area (Å²) in [6.45, 7) is 2.76. The summed E-state index contributed by atoms with van der Waals surface area (Å²) in [4.78, 5) is 0. The van der Waals surface area contributed by atoms with E-state index in [2.05, 4.69) is 10.5 Å². The summed E-state index contributed by atoms with van der Waals surface area (Å²) in [5.74, 6) is 0.537. The molecule has 0 saturated heterocycles. The molecule has 0 atom stereocenters. The van der Waals surface area contributed by atoms with Crippen LogP contribution in [0, 0.1) is 0 Å². The standard InChI is InChI=1S/C16H16Cl2N2O2/c1-2-22-16-8-11(6-7-15(16)21)9-19-20-10-12-13(17)4-3-5-14(12)18/h3-9,20-21H,2,10H2,1H3/b19-9+. The van der Waals surface area contributed by atoms with Gasteiger partial charge < -0.3 is 15.3 Å². The van der Waals surface area contributed by atoms with Crippen LogP contribution in [-0.4, -0.2) is 17.9 Å². The molecule has 2 rings (SSSR count). The van der Waals surface area contributed by atoms with Gasteiger partial charge >= 0.3 is 0 Å². The van der Waals surface area contributed by atoms with Crippen LogP contribution in [0.15, 0.2) is 41.5 Å². The Morgan fingerprint density at radius 1 is 1.23 bits per heavy atom. The van der Waals surface area contributed by atoms with Crippen molar-refractivity contribution >= 4 is 29.4 Å². The molecule has 6 heteroatoms. The molecule has 0 aliphatic heterocycles. The molecule has 2 aromatic carbocycles. The molecule has 0 radical (unpaired) electrons. The second-order valence-electron chi connectivity index (χ2n) is 4.45. The van der Waals surface area contributed by atoms with Crippen molar-refractivity contribution in [2.45, 2.75) is 13.5 Å². The van der Waals surface area contributed by atoms with Crippen LogP contribution in [0.25, 0.3) is 0 Å². The summed E-state index contributed by atoms with van der Waals surface area (Å²) >= 11 is 12.2. The minimum atomic E-state index is 0.106. The van der Waals surface area contributed by atoms with Crippen molar-refractivity contribution in [2.24, 2.45) is 5.10 Å². The predicted octanol–water partition coefficient (Wildman–Crippen LogP) is 4.22. The van der Waals surface area contributed by atoms with Gasteiger partial charge in [0.1, 0.15) is 0 Å².